The van der Waals surface area contributed by atoms with Gasteiger partial charge in [0.2, 0.25) is 5.91 Å². The second-order valence-corrected chi connectivity index (χ2v) is 10.5. The number of benzene rings is 2. The van der Waals surface area contributed by atoms with Crippen LogP contribution in [0.15, 0.2) is 51.8 Å². The first-order valence-electron chi connectivity index (χ1n) is 10.2. The summed E-state index contributed by atoms with van der Waals surface area (Å²) in [5.41, 5.74) is 2.02. The van der Waals surface area contributed by atoms with Crippen molar-refractivity contribution in [1.29, 1.82) is 0 Å². The highest BCUT2D eigenvalue weighted by Crippen LogP contribution is 2.43. The van der Waals surface area contributed by atoms with Crippen LogP contribution in [0.4, 0.5) is 5.69 Å². The van der Waals surface area contributed by atoms with Gasteiger partial charge in [-0.2, -0.15) is 0 Å². The van der Waals surface area contributed by atoms with Crippen molar-refractivity contribution in [3.8, 4) is 11.1 Å². The van der Waals surface area contributed by atoms with E-state index in [9.17, 15) is 13.2 Å². The third-order valence-electron chi connectivity index (χ3n) is 5.73. The van der Waals surface area contributed by atoms with Crippen molar-refractivity contribution >= 4 is 37.5 Å². The molecular weight excluding hydrogens is 452 g/mol. The molecule has 2 aromatic rings. The third-order valence-corrected chi connectivity index (χ3v) is 8.04. The van der Waals surface area contributed by atoms with Crippen molar-refractivity contribution in [2.24, 2.45) is 0 Å². The minimum atomic E-state index is -3.80. The fourth-order valence-corrected chi connectivity index (χ4v) is 6.29. The van der Waals surface area contributed by atoms with Gasteiger partial charge in [-0.25, -0.2) is 8.42 Å². The molecule has 7 heteroatoms. The Bertz CT molecular complexity index is 1010. The smallest absolute Gasteiger partial charge is 0.265 e. The normalized spacial score (nSPS) is 18.9. The number of carbonyl (C=O) groups is 1. The highest BCUT2D eigenvalue weighted by Gasteiger charge is 2.36. The van der Waals surface area contributed by atoms with Crippen LogP contribution in [0.2, 0.25) is 0 Å². The number of nitrogens with zero attached hydrogens (tertiary/aromatic N) is 1. The largest absolute Gasteiger partial charge is 0.352 e. The number of carbonyl (C=O) groups excluding carboxylic acids is 1. The molecule has 1 N–H and O–H groups in total. The van der Waals surface area contributed by atoms with Gasteiger partial charge in [-0.1, -0.05) is 66.2 Å². The highest BCUT2D eigenvalue weighted by atomic mass is 79.9. The second kappa shape index (κ2) is 8.48. The van der Waals surface area contributed by atoms with Crippen LogP contribution in [0.25, 0.3) is 11.1 Å². The number of nitrogens with one attached hydrogen (secondary N) is 1. The molecular formula is C22H25BrN2O3S. The highest BCUT2D eigenvalue weighted by molar-refractivity contribution is 9.10. The molecule has 0 bridgehead atoms. The fraction of sp³-hybridized carbons (Fsp3) is 0.409. The zero-order chi connectivity index (χ0) is 20.4. The molecule has 1 fully saturated rings. The van der Waals surface area contributed by atoms with Gasteiger partial charge >= 0.3 is 0 Å². The number of hydrogen-bond donors (Lipinski definition) is 1. The van der Waals surface area contributed by atoms with Gasteiger partial charge in [0.15, 0.2) is 0 Å². The van der Waals surface area contributed by atoms with E-state index in [1.165, 1.54) is 23.6 Å². The number of rotatable bonds is 3. The topological polar surface area (TPSA) is 66.5 Å². The summed E-state index contributed by atoms with van der Waals surface area (Å²) >= 11 is 3.47. The predicted molar refractivity (Wildman–Crippen MR) is 118 cm³/mol. The number of sulfonamides is 1. The molecule has 0 saturated heterocycles. The summed E-state index contributed by atoms with van der Waals surface area (Å²) in [4.78, 5) is 13.1. The number of fused-ring (bicyclic) bond motifs is 3. The molecule has 0 unspecified atom stereocenters. The van der Waals surface area contributed by atoms with Gasteiger partial charge in [-0.05, 0) is 37.1 Å². The van der Waals surface area contributed by atoms with E-state index in [1.54, 1.807) is 18.2 Å². The Morgan fingerprint density at radius 1 is 1.00 bits per heavy atom. The molecule has 1 aliphatic heterocycles. The molecule has 4 rings (SSSR count). The Hall–Kier alpha value is -1.86. The quantitative estimate of drug-likeness (QED) is 0.687. The van der Waals surface area contributed by atoms with Crippen molar-refractivity contribution in [1.82, 2.24) is 5.32 Å². The van der Waals surface area contributed by atoms with E-state index in [0.29, 0.717) is 11.3 Å². The molecule has 0 radical (unpaired) electrons. The lowest BCUT2D eigenvalue weighted by atomic mass is 9.97. The SMILES string of the molecule is O=C(CN1c2ccc(Br)cc2-c2ccccc2S1(=O)=O)NC1CCCCCCC1. The molecule has 2 aliphatic rings. The van der Waals surface area contributed by atoms with Crippen molar-refractivity contribution in [3.05, 3.63) is 46.9 Å². The van der Waals surface area contributed by atoms with E-state index in [0.717, 1.165) is 35.7 Å². The van der Waals surface area contributed by atoms with Crippen LogP contribution in [0.3, 0.4) is 0 Å². The summed E-state index contributed by atoms with van der Waals surface area (Å²) < 4.78 is 28.7. The number of hydrogen-bond acceptors (Lipinski definition) is 3. The predicted octanol–water partition coefficient (Wildman–Crippen LogP) is 4.85. The van der Waals surface area contributed by atoms with Crippen molar-refractivity contribution in [2.45, 2.75) is 55.9 Å². The van der Waals surface area contributed by atoms with Crippen LogP contribution in [-0.2, 0) is 14.8 Å². The van der Waals surface area contributed by atoms with Gasteiger partial charge in [0, 0.05) is 21.6 Å². The van der Waals surface area contributed by atoms with Crippen LogP contribution >= 0.6 is 15.9 Å². The first-order valence-corrected chi connectivity index (χ1v) is 12.4. The average molecular weight is 477 g/mol. The Morgan fingerprint density at radius 3 is 2.45 bits per heavy atom. The number of amides is 1. The Balaban J connectivity index is 1.62. The van der Waals surface area contributed by atoms with E-state index in [4.69, 9.17) is 0 Å². The zero-order valence-corrected chi connectivity index (χ0v) is 18.6. The van der Waals surface area contributed by atoms with Crippen LogP contribution in [-0.4, -0.2) is 26.9 Å². The van der Waals surface area contributed by atoms with Crippen LogP contribution < -0.4 is 9.62 Å². The first-order chi connectivity index (χ1) is 14.0. The second-order valence-electron chi connectivity index (χ2n) is 7.78. The molecule has 5 nitrogen and oxygen atoms in total. The molecule has 1 amide bonds. The zero-order valence-electron chi connectivity index (χ0n) is 16.2. The molecule has 29 heavy (non-hydrogen) atoms. The minimum absolute atomic E-state index is 0.131. The Morgan fingerprint density at radius 2 is 1.69 bits per heavy atom. The molecule has 0 spiro atoms. The van der Waals surface area contributed by atoms with E-state index >= 15 is 0 Å². The monoisotopic (exact) mass is 476 g/mol. The van der Waals surface area contributed by atoms with Gasteiger partial charge in [0.25, 0.3) is 10.0 Å². The summed E-state index contributed by atoms with van der Waals surface area (Å²) in [6.45, 7) is -0.207. The molecule has 0 aromatic heterocycles. The van der Waals surface area contributed by atoms with E-state index in [-0.39, 0.29) is 23.4 Å². The Labute approximate surface area is 180 Å². The van der Waals surface area contributed by atoms with Crippen LogP contribution in [0.5, 0.6) is 0 Å². The first kappa shape index (κ1) is 20.4. The van der Waals surface area contributed by atoms with Crippen molar-refractivity contribution in [3.63, 3.8) is 0 Å². The van der Waals surface area contributed by atoms with Gasteiger partial charge in [-0.15, -0.1) is 0 Å². The maximum Gasteiger partial charge on any atom is 0.265 e. The third kappa shape index (κ3) is 4.21. The van der Waals surface area contributed by atoms with Crippen LogP contribution in [0.1, 0.15) is 44.9 Å². The van der Waals surface area contributed by atoms with Gasteiger partial charge in [0.1, 0.15) is 6.54 Å². The lowest BCUT2D eigenvalue weighted by Gasteiger charge is -2.32. The lowest BCUT2D eigenvalue weighted by Crippen LogP contribution is -2.45. The molecule has 1 heterocycles. The minimum Gasteiger partial charge on any atom is -0.352 e. The van der Waals surface area contributed by atoms with E-state index in [2.05, 4.69) is 21.2 Å². The van der Waals surface area contributed by atoms with Gasteiger partial charge in [0.05, 0.1) is 10.6 Å². The fourth-order valence-electron chi connectivity index (χ4n) is 4.28. The van der Waals surface area contributed by atoms with Crippen molar-refractivity contribution < 1.29 is 13.2 Å². The standard InChI is InChI=1S/C22H25BrN2O3S/c23-16-12-13-20-19(14-16)18-10-6-7-11-21(18)29(27,28)25(20)15-22(26)24-17-8-4-2-1-3-5-9-17/h6-7,10-14,17H,1-5,8-9,15H2,(H,24,26). The maximum atomic E-state index is 13.3. The summed E-state index contributed by atoms with van der Waals surface area (Å²) in [6, 6.07) is 12.6. The summed E-state index contributed by atoms with van der Waals surface area (Å²) in [5.74, 6) is -0.243. The molecule has 1 aliphatic carbocycles. The maximum absolute atomic E-state index is 13.3. The van der Waals surface area contributed by atoms with Crippen molar-refractivity contribution in [2.75, 3.05) is 10.8 Å². The Kier molecular flexibility index (Phi) is 5.97. The molecule has 1 saturated carbocycles. The summed E-state index contributed by atoms with van der Waals surface area (Å²) in [7, 11) is -3.80. The van der Waals surface area contributed by atoms with E-state index in [1.807, 2.05) is 24.3 Å². The molecule has 154 valence electrons. The summed E-state index contributed by atoms with van der Waals surface area (Å²) in [5, 5.41) is 3.08. The van der Waals surface area contributed by atoms with E-state index < -0.39 is 10.0 Å². The molecule has 2 aromatic carbocycles. The number of halogens is 1. The average Bonchev–Trinajstić information content (AvgIpc) is 2.67. The van der Waals surface area contributed by atoms with Gasteiger partial charge < -0.3 is 5.32 Å². The summed E-state index contributed by atoms with van der Waals surface area (Å²) in [6.07, 6.45) is 7.81. The lowest BCUT2D eigenvalue weighted by molar-refractivity contribution is -0.120. The van der Waals surface area contributed by atoms with Crippen LogP contribution in [0, 0.1) is 0 Å². The molecule has 0 atom stereocenters. The van der Waals surface area contributed by atoms with Gasteiger partial charge in [-0.3, -0.25) is 9.10 Å². The number of anilines is 1.